The Labute approximate surface area is 173 Å². The van der Waals surface area contributed by atoms with Gasteiger partial charge in [-0.1, -0.05) is 29.3 Å². The molecule has 0 spiro atoms. The van der Waals surface area contributed by atoms with Gasteiger partial charge in [-0.2, -0.15) is 0 Å². The zero-order chi connectivity index (χ0) is 20.8. The second kappa shape index (κ2) is 9.80. The molecule has 1 heterocycles. The lowest BCUT2D eigenvalue weighted by Gasteiger charge is -2.31. The third kappa shape index (κ3) is 5.39. The highest BCUT2D eigenvalue weighted by atomic mass is 35.5. The fourth-order valence-electron chi connectivity index (χ4n) is 2.90. The zero-order valence-electron chi connectivity index (χ0n) is 15.7. The smallest absolute Gasteiger partial charge is 0.328 e. The number of amides is 2. The lowest BCUT2D eigenvalue weighted by molar-refractivity contribution is -0.145. The molecule has 1 aromatic rings. The van der Waals surface area contributed by atoms with Gasteiger partial charge < -0.3 is 20.7 Å². The molecule has 7 nitrogen and oxygen atoms in total. The van der Waals surface area contributed by atoms with E-state index in [4.69, 9.17) is 28.9 Å². The van der Waals surface area contributed by atoms with Crippen LogP contribution in [0.25, 0.3) is 6.08 Å². The Morgan fingerprint density at radius 1 is 1.25 bits per heavy atom. The van der Waals surface area contributed by atoms with Crippen molar-refractivity contribution in [3.63, 3.8) is 0 Å². The van der Waals surface area contributed by atoms with E-state index in [-0.39, 0.29) is 22.8 Å². The Morgan fingerprint density at radius 3 is 2.50 bits per heavy atom. The summed E-state index contributed by atoms with van der Waals surface area (Å²) in [5.74, 6) is -1.12. The quantitative estimate of drug-likeness (QED) is 0.426. The first-order valence-corrected chi connectivity index (χ1v) is 9.58. The van der Waals surface area contributed by atoms with E-state index in [1.807, 2.05) is 0 Å². The number of nitrogens with two attached hydrogens (primary N) is 1. The zero-order valence-corrected chi connectivity index (χ0v) is 17.2. The highest BCUT2D eigenvalue weighted by molar-refractivity contribution is 6.44. The van der Waals surface area contributed by atoms with Gasteiger partial charge in [-0.15, -0.1) is 0 Å². The van der Waals surface area contributed by atoms with E-state index in [0.717, 1.165) is 0 Å². The maximum absolute atomic E-state index is 12.4. The number of carbonyl (C=O) groups excluding carboxylic acids is 3. The predicted octanol–water partition coefficient (Wildman–Crippen LogP) is 2.51. The van der Waals surface area contributed by atoms with Crippen LogP contribution in [0.3, 0.4) is 0 Å². The number of ether oxygens (including phenoxy) is 1. The lowest BCUT2D eigenvalue weighted by atomic mass is 9.95. The second-order valence-electron chi connectivity index (χ2n) is 6.56. The van der Waals surface area contributed by atoms with Gasteiger partial charge in [-0.05, 0) is 37.5 Å². The number of hydrogen-bond acceptors (Lipinski definition) is 5. The van der Waals surface area contributed by atoms with Crippen molar-refractivity contribution in [2.24, 2.45) is 5.92 Å². The molecule has 0 aliphatic carbocycles. The van der Waals surface area contributed by atoms with E-state index in [1.54, 1.807) is 30.0 Å². The van der Waals surface area contributed by atoms with Crippen LogP contribution in [0, 0.1) is 5.92 Å². The molecule has 3 N–H and O–H groups in total. The number of nitrogens with one attached hydrogen (secondary N) is 1. The monoisotopic (exact) mass is 427 g/mol. The molecule has 1 aliphatic heterocycles. The number of halogens is 2. The summed E-state index contributed by atoms with van der Waals surface area (Å²) < 4.78 is 4.60. The van der Waals surface area contributed by atoms with Crippen molar-refractivity contribution < 1.29 is 19.1 Å². The van der Waals surface area contributed by atoms with Gasteiger partial charge in [0.2, 0.25) is 11.8 Å². The SMILES string of the molecule is COC(=O)[C@H](C)NC(=O)C1CCN(C(=O)/C=C/c2ccc(N)c(Cl)c2Cl)CC1. The lowest BCUT2D eigenvalue weighted by Crippen LogP contribution is -2.46. The van der Waals surface area contributed by atoms with Crippen molar-refractivity contribution in [2.75, 3.05) is 25.9 Å². The Kier molecular flexibility index (Phi) is 7.71. The van der Waals surface area contributed by atoms with Gasteiger partial charge in [0, 0.05) is 25.1 Å². The Hall–Kier alpha value is -2.25. The molecule has 1 aromatic carbocycles. The van der Waals surface area contributed by atoms with Crippen molar-refractivity contribution in [3.05, 3.63) is 33.8 Å². The molecule has 0 saturated carbocycles. The van der Waals surface area contributed by atoms with Crippen LogP contribution in [0.15, 0.2) is 18.2 Å². The topological polar surface area (TPSA) is 102 Å². The van der Waals surface area contributed by atoms with E-state index < -0.39 is 12.0 Å². The van der Waals surface area contributed by atoms with Gasteiger partial charge >= 0.3 is 5.97 Å². The van der Waals surface area contributed by atoms with Crippen LogP contribution in [0.5, 0.6) is 0 Å². The Balaban J connectivity index is 1.89. The van der Waals surface area contributed by atoms with Crippen LogP contribution in [0.1, 0.15) is 25.3 Å². The summed E-state index contributed by atoms with van der Waals surface area (Å²) in [6.07, 6.45) is 4.06. The number of esters is 1. The van der Waals surface area contributed by atoms with Crippen LogP contribution in [0.4, 0.5) is 5.69 Å². The minimum absolute atomic E-state index is 0.175. The predicted molar refractivity (Wildman–Crippen MR) is 109 cm³/mol. The number of likely N-dealkylation sites (tertiary alicyclic amines) is 1. The number of benzene rings is 1. The summed E-state index contributed by atoms with van der Waals surface area (Å²) in [6, 6.07) is 2.61. The van der Waals surface area contributed by atoms with Crippen LogP contribution in [-0.2, 0) is 19.1 Å². The summed E-state index contributed by atoms with van der Waals surface area (Å²) in [5.41, 5.74) is 6.65. The molecule has 1 saturated heterocycles. The Morgan fingerprint density at radius 2 is 1.89 bits per heavy atom. The van der Waals surface area contributed by atoms with Crippen molar-refractivity contribution >= 4 is 52.7 Å². The van der Waals surface area contributed by atoms with Crippen LogP contribution in [0.2, 0.25) is 10.0 Å². The molecule has 152 valence electrons. The Bertz CT molecular complexity index is 790. The standard InChI is InChI=1S/C19H23Cl2N3O4/c1-11(19(27)28-2)23-18(26)13-7-9-24(10-8-13)15(25)6-4-12-3-5-14(22)17(21)16(12)20/h3-6,11,13H,7-10,22H2,1-2H3,(H,23,26)/b6-4+/t11-/m0/s1. The van der Waals surface area contributed by atoms with E-state index >= 15 is 0 Å². The highest BCUT2D eigenvalue weighted by Crippen LogP contribution is 2.31. The maximum atomic E-state index is 12.4. The summed E-state index contributed by atoms with van der Waals surface area (Å²) >= 11 is 12.1. The number of anilines is 1. The molecular weight excluding hydrogens is 405 g/mol. The van der Waals surface area contributed by atoms with Crippen LogP contribution in [-0.4, -0.2) is 48.9 Å². The van der Waals surface area contributed by atoms with Crippen molar-refractivity contribution in [1.82, 2.24) is 10.2 Å². The average molecular weight is 428 g/mol. The maximum Gasteiger partial charge on any atom is 0.328 e. The molecule has 1 fully saturated rings. The molecule has 0 unspecified atom stereocenters. The summed E-state index contributed by atoms with van der Waals surface area (Å²) in [7, 11) is 1.27. The molecule has 28 heavy (non-hydrogen) atoms. The molecular formula is C19H23Cl2N3O4. The van der Waals surface area contributed by atoms with E-state index in [2.05, 4.69) is 10.1 Å². The van der Waals surface area contributed by atoms with Crippen molar-refractivity contribution in [1.29, 1.82) is 0 Å². The van der Waals surface area contributed by atoms with Gasteiger partial charge in [-0.3, -0.25) is 9.59 Å². The fourth-order valence-corrected chi connectivity index (χ4v) is 3.31. The van der Waals surface area contributed by atoms with E-state index in [9.17, 15) is 14.4 Å². The number of hydrogen-bond donors (Lipinski definition) is 2. The van der Waals surface area contributed by atoms with E-state index in [0.29, 0.717) is 42.2 Å². The highest BCUT2D eigenvalue weighted by Gasteiger charge is 2.28. The van der Waals surface area contributed by atoms with Crippen molar-refractivity contribution in [2.45, 2.75) is 25.8 Å². The van der Waals surface area contributed by atoms with Gasteiger partial charge in [0.25, 0.3) is 0 Å². The van der Waals surface area contributed by atoms with Gasteiger partial charge in [-0.25, -0.2) is 4.79 Å². The molecule has 0 radical (unpaired) electrons. The molecule has 2 amide bonds. The normalized spacial score (nSPS) is 16.1. The molecule has 0 aromatic heterocycles. The molecule has 0 bridgehead atoms. The minimum atomic E-state index is -0.698. The number of nitrogen functional groups attached to an aromatic ring is 1. The molecule has 2 rings (SSSR count). The molecule has 1 aliphatic rings. The first-order valence-electron chi connectivity index (χ1n) is 8.83. The number of methoxy groups -OCH3 is 1. The van der Waals surface area contributed by atoms with Crippen LogP contribution >= 0.6 is 23.2 Å². The van der Waals surface area contributed by atoms with Crippen LogP contribution < -0.4 is 11.1 Å². The first-order chi connectivity index (χ1) is 13.2. The molecule has 9 heteroatoms. The van der Waals surface area contributed by atoms with Gasteiger partial charge in [0.05, 0.1) is 22.8 Å². The second-order valence-corrected chi connectivity index (χ2v) is 7.31. The average Bonchev–Trinajstić information content (AvgIpc) is 2.70. The van der Waals surface area contributed by atoms with E-state index in [1.165, 1.54) is 13.2 Å². The molecule has 1 atom stereocenters. The third-order valence-electron chi connectivity index (χ3n) is 4.64. The largest absolute Gasteiger partial charge is 0.467 e. The van der Waals surface area contributed by atoms with Gasteiger partial charge in [0.1, 0.15) is 6.04 Å². The summed E-state index contributed by atoms with van der Waals surface area (Å²) in [5, 5.41) is 3.19. The van der Waals surface area contributed by atoms with Crippen molar-refractivity contribution in [3.8, 4) is 0 Å². The first kappa shape index (κ1) is 22.0. The fraction of sp³-hybridized carbons (Fsp3) is 0.421. The summed E-state index contributed by atoms with van der Waals surface area (Å²) in [6.45, 7) is 2.47. The number of rotatable bonds is 5. The number of carbonyl (C=O) groups is 3. The summed E-state index contributed by atoms with van der Waals surface area (Å²) in [4.78, 5) is 37.7. The third-order valence-corrected chi connectivity index (χ3v) is 5.55. The minimum Gasteiger partial charge on any atom is -0.467 e. The number of nitrogens with zero attached hydrogens (tertiary/aromatic N) is 1. The van der Waals surface area contributed by atoms with Gasteiger partial charge in [0.15, 0.2) is 0 Å². The number of piperidine rings is 1.